The van der Waals surface area contributed by atoms with Crippen molar-refractivity contribution in [3.05, 3.63) is 57.9 Å². The number of esters is 1. The number of aryl methyl sites for hydroxylation is 2. The molecule has 33 heavy (non-hydrogen) atoms. The minimum absolute atomic E-state index is 0.0230. The second kappa shape index (κ2) is 9.58. The van der Waals surface area contributed by atoms with E-state index in [1.807, 2.05) is 19.0 Å². The molecule has 1 saturated heterocycles. The van der Waals surface area contributed by atoms with E-state index in [4.69, 9.17) is 4.74 Å². The van der Waals surface area contributed by atoms with Crippen LogP contribution in [-0.2, 0) is 21.4 Å². The second-order valence-electron chi connectivity index (χ2n) is 8.43. The van der Waals surface area contributed by atoms with Crippen molar-refractivity contribution in [1.29, 1.82) is 0 Å². The number of benzene rings is 1. The number of Topliss-reactive ketones (excluding diaryl/α,β-unsaturated/α-hetero) is 1. The van der Waals surface area contributed by atoms with Gasteiger partial charge in [-0.1, -0.05) is 12.1 Å². The molecule has 1 fully saturated rings. The summed E-state index contributed by atoms with van der Waals surface area (Å²) in [5.74, 6) is -2.12. The van der Waals surface area contributed by atoms with Crippen molar-refractivity contribution in [3.8, 4) is 0 Å². The molecular weight excluding hydrogens is 424 g/mol. The zero-order valence-electron chi connectivity index (χ0n) is 19.9. The van der Waals surface area contributed by atoms with Crippen LogP contribution in [0, 0.1) is 13.8 Å². The number of aliphatic hydroxyl groups is 1. The van der Waals surface area contributed by atoms with Gasteiger partial charge < -0.3 is 19.6 Å². The maximum absolute atomic E-state index is 13.1. The van der Waals surface area contributed by atoms with Crippen LogP contribution in [0.15, 0.2) is 29.8 Å². The van der Waals surface area contributed by atoms with Gasteiger partial charge in [-0.25, -0.2) is 4.79 Å². The first kappa shape index (κ1) is 24.2. The third-order valence-electron chi connectivity index (χ3n) is 5.94. The van der Waals surface area contributed by atoms with E-state index < -0.39 is 23.7 Å². The fraction of sp³-hybridized carbons (Fsp3) is 0.417. The molecule has 1 atom stereocenters. The Kier molecular flexibility index (Phi) is 7.02. The molecule has 176 valence electrons. The van der Waals surface area contributed by atoms with Crippen LogP contribution in [0.2, 0.25) is 0 Å². The number of ketones is 1. The lowest BCUT2D eigenvalue weighted by atomic mass is 9.94. The molecule has 0 saturated carbocycles. The molecule has 1 amide bonds. The summed E-state index contributed by atoms with van der Waals surface area (Å²) in [5.41, 5.74) is 2.68. The Hall–Kier alpha value is -3.46. The summed E-state index contributed by atoms with van der Waals surface area (Å²) in [6.07, 6.45) is 0.655. The van der Waals surface area contributed by atoms with Crippen LogP contribution in [-0.4, -0.2) is 76.6 Å². The molecule has 1 unspecified atom stereocenters. The van der Waals surface area contributed by atoms with Crippen LogP contribution in [0.4, 0.5) is 0 Å². The minimum atomic E-state index is -0.780. The van der Waals surface area contributed by atoms with Gasteiger partial charge in [-0.2, -0.15) is 5.10 Å². The molecule has 1 aromatic carbocycles. The summed E-state index contributed by atoms with van der Waals surface area (Å²) in [4.78, 5) is 41.5. The van der Waals surface area contributed by atoms with E-state index in [9.17, 15) is 19.5 Å². The van der Waals surface area contributed by atoms with E-state index in [1.54, 1.807) is 49.8 Å². The number of methoxy groups -OCH3 is 1. The van der Waals surface area contributed by atoms with Crippen molar-refractivity contribution >= 4 is 23.4 Å². The van der Waals surface area contributed by atoms with Gasteiger partial charge >= 0.3 is 5.97 Å². The summed E-state index contributed by atoms with van der Waals surface area (Å²) in [7, 11) is 6.92. The molecule has 2 heterocycles. The predicted molar refractivity (Wildman–Crippen MR) is 123 cm³/mol. The minimum Gasteiger partial charge on any atom is -0.507 e. The van der Waals surface area contributed by atoms with Gasteiger partial charge in [-0.3, -0.25) is 14.3 Å². The first-order valence-electron chi connectivity index (χ1n) is 10.7. The molecule has 2 aromatic rings. The Morgan fingerprint density at radius 2 is 1.82 bits per heavy atom. The number of aliphatic hydroxyl groups excluding tert-OH is 1. The Morgan fingerprint density at radius 1 is 1.18 bits per heavy atom. The highest BCUT2D eigenvalue weighted by Crippen LogP contribution is 2.40. The number of aromatic nitrogens is 2. The quantitative estimate of drug-likeness (QED) is 0.296. The van der Waals surface area contributed by atoms with Crippen LogP contribution < -0.4 is 0 Å². The Morgan fingerprint density at radius 3 is 2.33 bits per heavy atom. The van der Waals surface area contributed by atoms with Crippen molar-refractivity contribution in [2.45, 2.75) is 26.3 Å². The van der Waals surface area contributed by atoms with Crippen molar-refractivity contribution in [1.82, 2.24) is 19.6 Å². The van der Waals surface area contributed by atoms with E-state index in [2.05, 4.69) is 5.10 Å². The molecule has 1 aliphatic heterocycles. The Bertz CT molecular complexity index is 1110. The third kappa shape index (κ3) is 4.54. The number of likely N-dealkylation sites (tertiary alicyclic amines) is 1. The fourth-order valence-corrected chi connectivity index (χ4v) is 4.18. The monoisotopic (exact) mass is 454 g/mol. The number of nitrogens with zero attached hydrogens (tertiary/aromatic N) is 4. The van der Waals surface area contributed by atoms with Crippen molar-refractivity contribution in [3.63, 3.8) is 0 Å². The Balaban J connectivity index is 2.14. The van der Waals surface area contributed by atoms with Crippen LogP contribution in [0.3, 0.4) is 0 Å². The van der Waals surface area contributed by atoms with Gasteiger partial charge in [-0.15, -0.1) is 0 Å². The average molecular weight is 455 g/mol. The van der Waals surface area contributed by atoms with E-state index in [0.29, 0.717) is 41.0 Å². The van der Waals surface area contributed by atoms with Crippen molar-refractivity contribution in [2.24, 2.45) is 7.05 Å². The highest BCUT2D eigenvalue weighted by atomic mass is 16.5. The summed E-state index contributed by atoms with van der Waals surface area (Å²) in [6.45, 7) is 4.61. The number of hydrogen-bond donors (Lipinski definition) is 1. The summed E-state index contributed by atoms with van der Waals surface area (Å²) in [5, 5.41) is 15.6. The summed E-state index contributed by atoms with van der Waals surface area (Å²) in [6, 6.07) is 5.75. The molecule has 0 aliphatic carbocycles. The standard InChI is InChI=1S/C24H30N4O5/c1-14-18(15(2)27(5)25-14)21(29)19-20(16-8-10-17(11-9-16)24(32)33-6)28(23(31)22(19)30)13-7-12-26(3)4/h8-11,20,29H,7,12-13H2,1-6H3. The number of carbonyl (C=O) groups excluding carboxylic acids is 3. The lowest BCUT2D eigenvalue weighted by Crippen LogP contribution is -2.32. The average Bonchev–Trinajstić information content (AvgIpc) is 3.18. The van der Waals surface area contributed by atoms with Crippen LogP contribution >= 0.6 is 0 Å². The van der Waals surface area contributed by atoms with Gasteiger partial charge in [0.25, 0.3) is 11.7 Å². The maximum atomic E-state index is 13.1. The van der Waals surface area contributed by atoms with Crippen molar-refractivity contribution in [2.75, 3.05) is 34.3 Å². The molecule has 9 nitrogen and oxygen atoms in total. The zero-order chi connectivity index (χ0) is 24.4. The Labute approximate surface area is 193 Å². The van der Waals surface area contributed by atoms with Crippen LogP contribution in [0.25, 0.3) is 5.76 Å². The van der Waals surface area contributed by atoms with Gasteiger partial charge in [0.15, 0.2) is 0 Å². The molecule has 9 heteroatoms. The van der Waals surface area contributed by atoms with E-state index in [1.165, 1.54) is 12.0 Å². The summed E-state index contributed by atoms with van der Waals surface area (Å²) < 4.78 is 6.38. The normalized spacial score (nSPS) is 17.8. The van der Waals surface area contributed by atoms with Gasteiger partial charge in [0.2, 0.25) is 0 Å². The fourth-order valence-electron chi connectivity index (χ4n) is 4.18. The van der Waals surface area contributed by atoms with E-state index in [-0.39, 0.29) is 11.3 Å². The first-order chi connectivity index (χ1) is 15.6. The highest BCUT2D eigenvalue weighted by Gasteiger charge is 2.46. The molecule has 0 radical (unpaired) electrons. The number of hydrogen-bond acceptors (Lipinski definition) is 7. The molecule has 1 aliphatic rings. The smallest absolute Gasteiger partial charge is 0.337 e. The van der Waals surface area contributed by atoms with Gasteiger partial charge in [0.1, 0.15) is 5.76 Å². The first-order valence-corrected chi connectivity index (χ1v) is 10.7. The van der Waals surface area contributed by atoms with Gasteiger partial charge in [-0.05, 0) is 58.6 Å². The van der Waals surface area contributed by atoms with Gasteiger partial charge in [0, 0.05) is 19.3 Å². The van der Waals surface area contributed by atoms with E-state index in [0.717, 1.165) is 6.54 Å². The van der Waals surface area contributed by atoms with Gasteiger partial charge in [0.05, 0.1) is 35.5 Å². The number of ether oxygens (including phenoxy) is 1. The third-order valence-corrected chi connectivity index (χ3v) is 5.94. The highest BCUT2D eigenvalue weighted by molar-refractivity contribution is 6.46. The number of carbonyl (C=O) groups is 3. The molecule has 1 N–H and O–H groups in total. The summed E-state index contributed by atoms with van der Waals surface area (Å²) >= 11 is 0. The van der Waals surface area contributed by atoms with Crippen molar-refractivity contribution < 1.29 is 24.2 Å². The predicted octanol–water partition coefficient (Wildman–Crippen LogP) is 2.20. The largest absolute Gasteiger partial charge is 0.507 e. The zero-order valence-corrected chi connectivity index (χ0v) is 19.9. The SMILES string of the molecule is COC(=O)c1ccc(C2C(=C(O)c3c(C)nn(C)c3C)C(=O)C(=O)N2CCCN(C)C)cc1. The number of rotatable bonds is 7. The molecular formula is C24H30N4O5. The van der Waals surface area contributed by atoms with Crippen LogP contribution in [0.1, 0.15) is 45.3 Å². The maximum Gasteiger partial charge on any atom is 0.337 e. The number of amides is 1. The van der Waals surface area contributed by atoms with Crippen LogP contribution in [0.5, 0.6) is 0 Å². The molecule has 0 spiro atoms. The lowest BCUT2D eigenvalue weighted by Gasteiger charge is -2.26. The molecule has 3 rings (SSSR count). The second-order valence-corrected chi connectivity index (χ2v) is 8.43. The topological polar surface area (TPSA) is 105 Å². The molecule has 0 bridgehead atoms. The molecule has 1 aromatic heterocycles. The lowest BCUT2D eigenvalue weighted by molar-refractivity contribution is -0.139. The van der Waals surface area contributed by atoms with E-state index >= 15 is 0 Å².